The van der Waals surface area contributed by atoms with Crippen LogP contribution in [-0.2, 0) is 17.8 Å². The maximum atomic E-state index is 14.1. The summed E-state index contributed by atoms with van der Waals surface area (Å²) in [6.07, 6.45) is -2.34. The van der Waals surface area contributed by atoms with Gasteiger partial charge in [-0.3, -0.25) is 9.59 Å². The van der Waals surface area contributed by atoms with Gasteiger partial charge in [0.05, 0.1) is 24.3 Å². The van der Waals surface area contributed by atoms with Gasteiger partial charge in [0.1, 0.15) is 11.6 Å². The highest BCUT2D eigenvalue weighted by Crippen LogP contribution is 2.29. The van der Waals surface area contributed by atoms with Crippen molar-refractivity contribution >= 4 is 11.9 Å². The summed E-state index contributed by atoms with van der Waals surface area (Å²) in [5.74, 6) is -2.47. The first-order valence-electron chi connectivity index (χ1n) is 12.8. The molecule has 0 saturated carbocycles. The van der Waals surface area contributed by atoms with Gasteiger partial charge in [-0.05, 0) is 73.6 Å². The van der Waals surface area contributed by atoms with Crippen LogP contribution in [0.4, 0.5) is 8.78 Å². The van der Waals surface area contributed by atoms with E-state index in [4.69, 9.17) is 5.11 Å². The van der Waals surface area contributed by atoms with Crippen LogP contribution in [-0.4, -0.2) is 61.1 Å². The molecule has 0 radical (unpaired) electrons. The molecular formula is C29H35F2N3O5. The number of carboxylic acids is 1. The largest absolute Gasteiger partial charge is 0.481 e. The molecule has 0 aliphatic carbocycles. The number of halogens is 2. The monoisotopic (exact) mass is 543 g/mol. The van der Waals surface area contributed by atoms with Crippen LogP contribution in [0.3, 0.4) is 0 Å². The molecule has 0 saturated heterocycles. The summed E-state index contributed by atoms with van der Waals surface area (Å²) in [6, 6.07) is 10.5. The summed E-state index contributed by atoms with van der Waals surface area (Å²) >= 11 is 0. The minimum absolute atomic E-state index is 0.115. The Kier molecular flexibility index (Phi) is 9.93. The first-order chi connectivity index (χ1) is 18.4. The molecule has 8 nitrogen and oxygen atoms in total. The summed E-state index contributed by atoms with van der Waals surface area (Å²) in [5.41, 5.74) is 3.15. The van der Waals surface area contributed by atoms with Gasteiger partial charge in [-0.1, -0.05) is 26.0 Å². The van der Waals surface area contributed by atoms with E-state index < -0.39 is 30.4 Å². The van der Waals surface area contributed by atoms with Gasteiger partial charge >= 0.3 is 5.97 Å². The number of nitrogens with zero attached hydrogens (tertiary/aromatic N) is 3. The van der Waals surface area contributed by atoms with E-state index in [1.807, 2.05) is 13.8 Å². The Balaban J connectivity index is 1.96. The first-order valence-corrected chi connectivity index (χ1v) is 12.8. The fourth-order valence-corrected chi connectivity index (χ4v) is 4.55. The van der Waals surface area contributed by atoms with Crippen molar-refractivity contribution in [1.82, 2.24) is 14.7 Å². The van der Waals surface area contributed by atoms with Crippen LogP contribution < -0.4 is 0 Å². The van der Waals surface area contributed by atoms with Gasteiger partial charge in [-0.25, -0.2) is 13.5 Å². The van der Waals surface area contributed by atoms with Crippen LogP contribution in [0.25, 0.3) is 5.69 Å². The molecule has 1 aromatic heterocycles. The molecule has 1 amide bonds. The lowest BCUT2D eigenvalue weighted by Gasteiger charge is -2.19. The molecular weight excluding hydrogens is 508 g/mol. The van der Waals surface area contributed by atoms with Crippen LogP contribution >= 0.6 is 0 Å². The number of aryl methyl sites for hydroxylation is 1. The summed E-state index contributed by atoms with van der Waals surface area (Å²) in [4.78, 5) is 25.9. The minimum Gasteiger partial charge on any atom is -0.481 e. The molecule has 0 spiro atoms. The number of carboxylic acid groups (broad SMARTS) is 1. The maximum absolute atomic E-state index is 14.1. The molecule has 0 aliphatic heterocycles. The number of aromatic nitrogens is 2. The predicted octanol–water partition coefficient (Wildman–Crippen LogP) is 4.37. The Labute approximate surface area is 226 Å². The molecule has 2 aromatic carbocycles. The van der Waals surface area contributed by atoms with E-state index in [1.54, 1.807) is 30.8 Å². The van der Waals surface area contributed by atoms with Gasteiger partial charge in [0.2, 0.25) is 0 Å². The average Bonchev–Trinajstić information content (AvgIpc) is 3.24. The zero-order valence-electron chi connectivity index (χ0n) is 22.6. The zero-order chi connectivity index (χ0) is 28.9. The van der Waals surface area contributed by atoms with Crippen molar-refractivity contribution in [2.24, 2.45) is 0 Å². The molecule has 0 aliphatic rings. The van der Waals surface area contributed by atoms with E-state index in [2.05, 4.69) is 5.10 Å². The smallest absolute Gasteiger partial charge is 0.305 e. The lowest BCUT2D eigenvalue weighted by atomic mass is 9.95. The molecule has 2 atom stereocenters. The highest BCUT2D eigenvalue weighted by molar-refractivity contribution is 5.94. The van der Waals surface area contributed by atoms with Crippen LogP contribution in [0.1, 0.15) is 71.9 Å². The topological polar surface area (TPSA) is 116 Å². The van der Waals surface area contributed by atoms with Gasteiger partial charge in [-0.15, -0.1) is 0 Å². The van der Waals surface area contributed by atoms with Crippen molar-refractivity contribution in [1.29, 1.82) is 0 Å². The summed E-state index contributed by atoms with van der Waals surface area (Å²) in [6.45, 7) is 5.65. The third-order valence-corrected chi connectivity index (χ3v) is 6.54. The van der Waals surface area contributed by atoms with Crippen LogP contribution in [0.15, 0.2) is 42.5 Å². The molecule has 3 N–H and O–H groups in total. The predicted molar refractivity (Wildman–Crippen MR) is 142 cm³/mol. The summed E-state index contributed by atoms with van der Waals surface area (Å²) < 4.78 is 29.3. The van der Waals surface area contributed by atoms with Crippen molar-refractivity contribution in [3.8, 4) is 5.69 Å². The van der Waals surface area contributed by atoms with Crippen molar-refractivity contribution < 1.29 is 33.7 Å². The van der Waals surface area contributed by atoms with Crippen molar-refractivity contribution in [3.63, 3.8) is 0 Å². The molecule has 0 fully saturated rings. The fourth-order valence-electron chi connectivity index (χ4n) is 4.55. The van der Waals surface area contributed by atoms with Crippen molar-refractivity contribution in [2.45, 2.75) is 71.1 Å². The molecule has 210 valence electrons. The lowest BCUT2D eigenvalue weighted by molar-refractivity contribution is -0.139. The Morgan fingerprint density at radius 1 is 1.05 bits per heavy atom. The molecule has 0 bridgehead atoms. The minimum atomic E-state index is -1.19. The van der Waals surface area contributed by atoms with Gasteiger partial charge in [0, 0.05) is 24.8 Å². The van der Waals surface area contributed by atoms with E-state index in [-0.39, 0.29) is 49.1 Å². The number of aliphatic hydroxyl groups excluding tert-OH is 2. The molecule has 3 rings (SSSR count). The molecule has 3 aromatic rings. The van der Waals surface area contributed by atoms with E-state index in [9.17, 15) is 28.6 Å². The standard InChI is InChI=1S/C29H35F2N3O5/c1-17(2)27-25(12-11-22(35)14-23(36)15-26(37)38)34(21-9-7-20(30)8-10-21)32-28(27)29(39)33(4)16-19-6-5-18(3)24(31)13-19/h5-10,13,17,22-23,35-36H,11-12,14-16H2,1-4H3,(H,37,38). The van der Waals surface area contributed by atoms with Gasteiger partial charge in [0.15, 0.2) is 5.69 Å². The zero-order valence-corrected chi connectivity index (χ0v) is 22.6. The lowest BCUT2D eigenvalue weighted by Crippen LogP contribution is -2.28. The normalized spacial score (nSPS) is 12.9. The number of carbonyl (C=O) groups excluding carboxylic acids is 1. The van der Waals surface area contributed by atoms with E-state index in [1.165, 1.54) is 35.2 Å². The number of rotatable bonds is 12. The SMILES string of the molecule is Cc1ccc(CN(C)C(=O)c2nn(-c3ccc(F)cc3)c(CCC(O)CC(O)CC(=O)O)c2C(C)C)cc1F. The van der Waals surface area contributed by atoms with E-state index in [0.717, 1.165) is 0 Å². The molecule has 1 heterocycles. The number of amides is 1. The summed E-state index contributed by atoms with van der Waals surface area (Å²) in [5, 5.41) is 33.9. The second-order valence-corrected chi connectivity index (χ2v) is 10.2. The van der Waals surface area contributed by atoms with E-state index >= 15 is 0 Å². The third-order valence-electron chi connectivity index (χ3n) is 6.54. The van der Waals surface area contributed by atoms with Crippen molar-refractivity contribution in [3.05, 3.63) is 82.2 Å². The van der Waals surface area contributed by atoms with Crippen LogP contribution in [0.5, 0.6) is 0 Å². The fraction of sp³-hybridized carbons (Fsp3) is 0.414. The number of aliphatic carboxylic acids is 1. The third kappa shape index (κ3) is 7.70. The highest BCUT2D eigenvalue weighted by atomic mass is 19.1. The van der Waals surface area contributed by atoms with Crippen molar-refractivity contribution in [2.75, 3.05) is 7.05 Å². The van der Waals surface area contributed by atoms with Gasteiger partial charge < -0.3 is 20.2 Å². The Morgan fingerprint density at radius 3 is 2.31 bits per heavy atom. The first kappa shape index (κ1) is 29.9. The second-order valence-electron chi connectivity index (χ2n) is 10.2. The Bertz CT molecular complexity index is 1310. The number of carbonyl (C=O) groups is 2. The van der Waals surface area contributed by atoms with Crippen LogP contribution in [0, 0.1) is 18.6 Å². The maximum Gasteiger partial charge on any atom is 0.305 e. The molecule has 10 heteroatoms. The van der Waals surface area contributed by atoms with Crippen LogP contribution in [0.2, 0.25) is 0 Å². The average molecular weight is 544 g/mol. The Morgan fingerprint density at radius 2 is 1.72 bits per heavy atom. The second kappa shape index (κ2) is 12.9. The molecule has 2 unspecified atom stereocenters. The van der Waals surface area contributed by atoms with Gasteiger partial charge in [-0.2, -0.15) is 5.10 Å². The molecule has 39 heavy (non-hydrogen) atoms. The highest BCUT2D eigenvalue weighted by Gasteiger charge is 2.28. The van der Waals surface area contributed by atoms with Gasteiger partial charge in [0.25, 0.3) is 5.91 Å². The number of hydrogen-bond acceptors (Lipinski definition) is 5. The number of hydrogen-bond donors (Lipinski definition) is 3. The quantitative estimate of drug-likeness (QED) is 0.312. The van der Waals surface area contributed by atoms with E-state index in [0.29, 0.717) is 28.1 Å². The summed E-state index contributed by atoms with van der Waals surface area (Å²) in [7, 11) is 1.61. The Hall–Kier alpha value is -3.63. The number of aliphatic hydroxyl groups is 2. The number of benzene rings is 2.